The Labute approximate surface area is 114 Å². The molecule has 3 aromatic heterocycles. The Kier molecular flexibility index (Phi) is 2.51. The summed E-state index contributed by atoms with van der Waals surface area (Å²) >= 11 is 1.77. The van der Waals surface area contributed by atoms with Gasteiger partial charge < -0.3 is 8.83 Å². The topological polar surface area (TPSA) is 52.1 Å². The largest absolute Gasteiger partial charge is 0.459 e. The van der Waals surface area contributed by atoms with Crippen molar-refractivity contribution in [2.24, 2.45) is 0 Å². The molecule has 0 amide bonds. The Morgan fingerprint density at radius 3 is 2.84 bits per heavy atom. The van der Waals surface area contributed by atoms with Crippen molar-refractivity contribution >= 4 is 11.3 Å². The van der Waals surface area contributed by atoms with Crippen LogP contribution in [0.2, 0.25) is 0 Å². The molecule has 4 rings (SSSR count). The number of thiophene rings is 1. The lowest BCUT2D eigenvalue weighted by atomic mass is 9.99. The standard InChI is InChI=1S/C14H12N2O2S/c1-2-6-11-9(4-1)8-12(19-11)14-16-15-13(18-14)10-5-3-7-17-10/h3,5,7-8H,1-2,4,6H2. The quantitative estimate of drug-likeness (QED) is 0.709. The number of furan rings is 1. The number of hydrogen-bond acceptors (Lipinski definition) is 5. The molecule has 19 heavy (non-hydrogen) atoms. The zero-order valence-corrected chi connectivity index (χ0v) is 11.1. The maximum absolute atomic E-state index is 5.69. The van der Waals surface area contributed by atoms with Crippen LogP contribution in [0.1, 0.15) is 23.3 Å². The molecule has 0 aliphatic heterocycles. The first-order valence-corrected chi connectivity index (χ1v) is 7.21. The lowest BCUT2D eigenvalue weighted by molar-refractivity contribution is 0.524. The van der Waals surface area contributed by atoms with Crippen molar-refractivity contribution < 1.29 is 8.83 Å². The fraction of sp³-hybridized carbons (Fsp3) is 0.286. The van der Waals surface area contributed by atoms with E-state index in [1.54, 1.807) is 17.6 Å². The summed E-state index contributed by atoms with van der Waals surface area (Å²) in [5, 5.41) is 8.16. The molecule has 96 valence electrons. The highest BCUT2D eigenvalue weighted by Gasteiger charge is 2.18. The first kappa shape index (κ1) is 11.0. The van der Waals surface area contributed by atoms with Crippen molar-refractivity contribution in [1.82, 2.24) is 10.2 Å². The SMILES string of the molecule is c1coc(-c2nnc(-c3cc4c(s3)CCCC4)o2)c1. The van der Waals surface area contributed by atoms with Crippen LogP contribution in [-0.2, 0) is 12.8 Å². The van der Waals surface area contributed by atoms with Crippen LogP contribution in [0.25, 0.3) is 22.4 Å². The Morgan fingerprint density at radius 1 is 1.11 bits per heavy atom. The summed E-state index contributed by atoms with van der Waals surface area (Å²) in [6.07, 6.45) is 6.52. The highest BCUT2D eigenvalue weighted by molar-refractivity contribution is 7.15. The molecule has 1 aliphatic rings. The van der Waals surface area contributed by atoms with Crippen molar-refractivity contribution in [1.29, 1.82) is 0 Å². The van der Waals surface area contributed by atoms with E-state index in [1.165, 1.54) is 36.1 Å². The normalized spacial score (nSPS) is 14.5. The summed E-state index contributed by atoms with van der Waals surface area (Å²) in [5.74, 6) is 1.64. The van der Waals surface area contributed by atoms with E-state index >= 15 is 0 Å². The molecule has 5 heteroatoms. The van der Waals surface area contributed by atoms with Gasteiger partial charge in [0, 0.05) is 4.88 Å². The Hall–Kier alpha value is -1.88. The highest BCUT2D eigenvalue weighted by Crippen LogP contribution is 2.35. The van der Waals surface area contributed by atoms with Crippen molar-refractivity contribution in [2.45, 2.75) is 25.7 Å². The third kappa shape index (κ3) is 1.90. The summed E-state index contributed by atoms with van der Waals surface area (Å²) in [6, 6.07) is 5.82. The van der Waals surface area contributed by atoms with Crippen LogP contribution in [0, 0.1) is 0 Å². The summed E-state index contributed by atoms with van der Waals surface area (Å²) in [6.45, 7) is 0. The molecular weight excluding hydrogens is 260 g/mol. The lowest BCUT2D eigenvalue weighted by Gasteiger charge is -2.08. The van der Waals surface area contributed by atoms with Crippen LogP contribution in [0.4, 0.5) is 0 Å². The average Bonchev–Trinajstić information content (AvgIpc) is 3.17. The molecule has 4 nitrogen and oxygen atoms in total. The van der Waals surface area contributed by atoms with Crippen LogP contribution < -0.4 is 0 Å². The second-order valence-corrected chi connectivity index (χ2v) is 5.79. The van der Waals surface area contributed by atoms with E-state index in [1.807, 2.05) is 12.1 Å². The van der Waals surface area contributed by atoms with Crippen LogP contribution in [0.3, 0.4) is 0 Å². The summed E-state index contributed by atoms with van der Waals surface area (Å²) < 4.78 is 10.9. The minimum atomic E-state index is 0.436. The van der Waals surface area contributed by atoms with Crippen LogP contribution in [0.5, 0.6) is 0 Å². The molecule has 0 fully saturated rings. The molecule has 0 unspecified atom stereocenters. The smallest absolute Gasteiger partial charge is 0.283 e. The molecule has 3 heterocycles. The van der Waals surface area contributed by atoms with Gasteiger partial charge in [0.15, 0.2) is 5.76 Å². The Bertz CT molecular complexity index is 673. The number of hydrogen-bond donors (Lipinski definition) is 0. The monoisotopic (exact) mass is 272 g/mol. The predicted octanol–water partition coefficient (Wildman–Crippen LogP) is 3.94. The number of aromatic nitrogens is 2. The van der Waals surface area contributed by atoms with E-state index in [9.17, 15) is 0 Å². The molecular formula is C14H12N2O2S. The second-order valence-electron chi connectivity index (χ2n) is 4.66. The van der Waals surface area contributed by atoms with Crippen molar-refractivity contribution in [2.75, 3.05) is 0 Å². The van der Waals surface area contributed by atoms with Gasteiger partial charge in [-0.25, -0.2) is 0 Å². The molecule has 0 aromatic carbocycles. The summed E-state index contributed by atoms with van der Waals surface area (Å²) in [7, 11) is 0. The number of fused-ring (bicyclic) bond motifs is 1. The van der Waals surface area contributed by atoms with Gasteiger partial charge in [-0.3, -0.25) is 0 Å². The fourth-order valence-corrected chi connectivity index (χ4v) is 3.59. The van der Waals surface area contributed by atoms with Crippen molar-refractivity contribution in [3.8, 4) is 22.4 Å². The second kappa shape index (κ2) is 4.35. The van der Waals surface area contributed by atoms with Gasteiger partial charge in [-0.15, -0.1) is 21.5 Å². The van der Waals surface area contributed by atoms with Gasteiger partial charge >= 0.3 is 0 Å². The number of aryl methyl sites for hydroxylation is 2. The van der Waals surface area contributed by atoms with Gasteiger partial charge in [0.2, 0.25) is 0 Å². The van der Waals surface area contributed by atoms with E-state index in [0.29, 0.717) is 17.5 Å². The van der Waals surface area contributed by atoms with Crippen LogP contribution >= 0.6 is 11.3 Å². The molecule has 0 saturated heterocycles. The van der Waals surface area contributed by atoms with E-state index in [4.69, 9.17) is 8.83 Å². The van der Waals surface area contributed by atoms with Gasteiger partial charge in [-0.1, -0.05) is 0 Å². The van der Waals surface area contributed by atoms with Crippen LogP contribution in [-0.4, -0.2) is 10.2 Å². The minimum Gasteiger partial charge on any atom is -0.459 e. The fourth-order valence-electron chi connectivity index (χ4n) is 2.42. The zero-order valence-electron chi connectivity index (χ0n) is 10.3. The predicted molar refractivity (Wildman–Crippen MR) is 72.0 cm³/mol. The van der Waals surface area contributed by atoms with Gasteiger partial charge in [0.1, 0.15) is 0 Å². The van der Waals surface area contributed by atoms with Crippen LogP contribution in [0.15, 0.2) is 33.3 Å². The maximum atomic E-state index is 5.69. The van der Waals surface area contributed by atoms with E-state index in [0.717, 1.165) is 4.88 Å². The molecule has 0 radical (unpaired) electrons. The molecule has 1 aliphatic carbocycles. The van der Waals surface area contributed by atoms with E-state index in [-0.39, 0.29) is 0 Å². The first-order valence-electron chi connectivity index (χ1n) is 6.39. The molecule has 0 spiro atoms. The Balaban J connectivity index is 1.71. The third-order valence-corrected chi connectivity index (χ3v) is 4.59. The molecule has 0 atom stereocenters. The van der Waals surface area contributed by atoms with Gasteiger partial charge in [-0.05, 0) is 49.4 Å². The minimum absolute atomic E-state index is 0.436. The summed E-state index contributed by atoms with van der Waals surface area (Å²) in [4.78, 5) is 2.54. The lowest BCUT2D eigenvalue weighted by Crippen LogP contribution is -1.96. The van der Waals surface area contributed by atoms with Gasteiger partial charge in [0.05, 0.1) is 11.1 Å². The number of rotatable bonds is 2. The maximum Gasteiger partial charge on any atom is 0.283 e. The van der Waals surface area contributed by atoms with Crippen molar-refractivity contribution in [3.05, 3.63) is 34.9 Å². The van der Waals surface area contributed by atoms with Gasteiger partial charge in [-0.2, -0.15) is 0 Å². The average molecular weight is 272 g/mol. The summed E-state index contributed by atoms with van der Waals surface area (Å²) in [5.41, 5.74) is 1.45. The highest BCUT2D eigenvalue weighted by atomic mass is 32.1. The third-order valence-electron chi connectivity index (χ3n) is 3.36. The molecule has 0 N–H and O–H groups in total. The molecule has 0 bridgehead atoms. The van der Waals surface area contributed by atoms with E-state index < -0.39 is 0 Å². The van der Waals surface area contributed by atoms with E-state index in [2.05, 4.69) is 16.3 Å². The zero-order chi connectivity index (χ0) is 12.7. The van der Waals surface area contributed by atoms with Gasteiger partial charge in [0.25, 0.3) is 11.8 Å². The van der Waals surface area contributed by atoms with Crippen molar-refractivity contribution in [3.63, 3.8) is 0 Å². The Morgan fingerprint density at radius 2 is 2.00 bits per heavy atom. The molecule has 3 aromatic rings. The molecule has 0 saturated carbocycles. The number of nitrogens with zero attached hydrogens (tertiary/aromatic N) is 2. The first-order chi connectivity index (χ1) is 9.40.